The largest absolute Gasteiger partial charge is 0.492 e. The molecule has 0 bridgehead atoms. The maximum absolute atomic E-state index is 5.86. The first-order valence-electron chi connectivity index (χ1n) is 6.59. The van der Waals surface area contributed by atoms with Gasteiger partial charge in [-0.25, -0.2) is 0 Å². The Kier molecular flexibility index (Phi) is 6.06. The Labute approximate surface area is 105 Å². The Morgan fingerprint density at radius 2 is 2.00 bits per heavy atom. The highest BCUT2D eigenvalue weighted by molar-refractivity contribution is 5.39. The molecule has 0 saturated carbocycles. The molecule has 2 nitrogen and oxygen atoms in total. The lowest BCUT2D eigenvalue weighted by Crippen LogP contribution is -2.21. The second-order valence-corrected chi connectivity index (χ2v) is 4.79. The number of benzene rings is 1. The minimum absolute atomic E-state index is 0.509. The molecule has 0 heterocycles. The number of rotatable bonds is 7. The summed E-state index contributed by atoms with van der Waals surface area (Å²) in [6.45, 7) is 11.4. The van der Waals surface area contributed by atoms with E-state index < -0.39 is 0 Å². The van der Waals surface area contributed by atoms with Crippen molar-refractivity contribution in [2.75, 3.05) is 19.7 Å². The van der Waals surface area contributed by atoms with Crippen molar-refractivity contribution < 1.29 is 4.74 Å². The van der Waals surface area contributed by atoms with Gasteiger partial charge in [-0.15, -0.1) is 0 Å². The summed E-state index contributed by atoms with van der Waals surface area (Å²) in [5.74, 6) is 1.55. The predicted octanol–water partition coefficient (Wildman–Crippen LogP) is 3.50. The molecule has 2 heteroatoms. The number of ether oxygens (including phenoxy) is 1. The molecule has 1 aromatic rings. The Morgan fingerprint density at radius 1 is 1.24 bits per heavy atom. The number of hydrogen-bond donors (Lipinski definition) is 1. The molecule has 0 aliphatic carbocycles. The van der Waals surface area contributed by atoms with Crippen molar-refractivity contribution in [3.05, 3.63) is 29.3 Å². The van der Waals surface area contributed by atoms with E-state index in [9.17, 15) is 0 Å². The average molecular weight is 235 g/mol. The van der Waals surface area contributed by atoms with Crippen LogP contribution in [0.3, 0.4) is 0 Å². The SMILES string of the molecule is CCCNCCOc1cc(C)ccc1C(C)C. The number of aryl methyl sites for hydroxylation is 1. The fourth-order valence-electron chi connectivity index (χ4n) is 1.78. The van der Waals surface area contributed by atoms with Gasteiger partial charge in [0.1, 0.15) is 12.4 Å². The van der Waals surface area contributed by atoms with E-state index in [0.717, 1.165) is 25.4 Å². The molecule has 0 aromatic heterocycles. The molecule has 0 spiro atoms. The van der Waals surface area contributed by atoms with E-state index in [4.69, 9.17) is 4.74 Å². The summed E-state index contributed by atoms with van der Waals surface area (Å²) in [6, 6.07) is 6.46. The van der Waals surface area contributed by atoms with Crippen LogP contribution in [0.2, 0.25) is 0 Å². The van der Waals surface area contributed by atoms with Crippen LogP contribution in [0.4, 0.5) is 0 Å². The summed E-state index contributed by atoms with van der Waals surface area (Å²) in [5, 5.41) is 3.34. The highest BCUT2D eigenvalue weighted by Gasteiger charge is 2.07. The van der Waals surface area contributed by atoms with E-state index in [-0.39, 0.29) is 0 Å². The molecule has 0 atom stereocenters. The minimum Gasteiger partial charge on any atom is -0.492 e. The average Bonchev–Trinajstić information content (AvgIpc) is 2.28. The van der Waals surface area contributed by atoms with Crippen LogP contribution >= 0.6 is 0 Å². The third kappa shape index (κ3) is 4.78. The smallest absolute Gasteiger partial charge is 0.123 e. The van der Waals surface area contributed by atoms with Crippen molar-refractivity contribution in [2.24, 2.45) is 0 Å². The molecular formula is C15H25NO. The molecule has 17 heavy (non-hydrogen) atoms. The first-order chi connectivity index (χ1) is 8.15. The second-order valence-electron chi connectivity index (χ2n) is 4.79. The molecule has 0 radical (unpaired) electrons. The maximum Gasteiger partial charge on any atom is 0.123 e. The molecule has 96 valence electrons. The van der Waals surface area contributed by atoms with Crippen LogP contribution in [0.15, 0.2) is 18.2 Å². The Hall–Kier alpha value is -1.02. The maximum atomic E-state index is 5.86. The highest BCUT2D eigenvalue weighted by Crippen LogP contribution is 2.27. The molecule has 1 N–H and O–H groups in total. The molecule has 0 saturated heterocycles. The Balaban J connectivity index is 2.53. The molecule has 0 amide bonds. The van der Waals surface area contributed by atoms with Crippen molar-refractivity contribution in [3.8, 4) is 5.75 Å². The van der Waals surface area contributed by atoms with Crippen LogP contribution in [0, 0.1) is 6.92 Å². The van der Waals surface area contributed by atoms with E-state index in [1.165, 1.54) is 17.5 Å². The summed E-state index contributed by atoms with van der Waals surface area (Å²) in [7, 11) is 0. The van der Waals surface area contributed by atoms with Crippen LogP contribution in [-0.2, 0) is 0 Å². The van der Waals surface area contributed by atoms with E-state index in [1.807, 2.05) is 0 Å². The van der Waals surface area contributed by atoms with Crippen molar-refractivity contribution in [1.82, 2.24) is 5.32 Å². The summed E-state index contributed by atoms with van der Waals surface area (Å²) in [5.41, 5.74) is 2.55. The van der Waals surface area contributed by atoms with Gasteiger partial charge in [-0.2, -0.15) is 0 Å². The summed E-state index contributed by atoms with van der Waals surface area (Å²) >= 11 is 0. The van der Waals surface area contributed by atoms with Gasteiger partial charge in [0.25, 0.3) is 0 Å². The molecule has 0 fully saturated rings. The van der Waals surface area contributed by atoms with Gasteiger partial charge in [0.15, 0.2) is 0 Å². The quantitative estimate of drug-likeness (QED) is 0.730. The molecule has 1 rings (SSSR count). The van der Waals surface area contributed by atoms with E-state index in [2.05, 4.69) is 51.2 Å². The Bertz CT molecular complexity index is 334. The zero-order chi connectivity index (χ0) is 12.7. The molecule has 0 unspecified atom stereocenters. The van der Waals surface area contributed by atoms with Gasteiger partial charge in [0.05, 0.1) is 0 Å². The summed E-state index contributed by atoms with van der Waals surface area (Å²) in [6.07, 6.45) is 1.17. The first-order valence-corrected chi connectivity index (χ1v) is 6.59. The van der Waals surface area contributed by atoms with Crippen molar-refractivity contribution >= 4 is 0 Å². The van der Waals surface area contributed by atoms with Crippen LogP contribution in [0.25, 0.3) is 0 Å². The first kappa shape index (κ1) is 14.0. The standard InChI is InChI=1S/C15H25NO/c1-5-8-16-9-10-17-15-11-13(4)6-7-14(15)12(2)3/h6-7,11-12,16H,5,8-10H2,1-4H3. The van der Waals surface area contributed by atoms with Crippen LogP contribution in [-0.4, -0.2) is 19.7 Å². The molecule has 1 aromatic carbocycles. The van der Waals surface area contributed by atoms with E-state index in [0.29, 0.717) is 5.92 Å². The third-order valence-electron chi connectivity index (χ3n) is 2.75. The topological polar surface area (TPSA) is 21.3 Å². The second kappa shape index (κ2) is 7.33. The normalized spacial score (nSPS) is 10.9. The summed E-state index contributed by atoms with van der Waals surface area (Å²) in [4.78, 5) is 0. The van der Waals surface area contributed by atoms with Gasteiger partial charge in [-0.3, -0.25) is 0 Å². The lowest BCUT2D eigenvalue weighted by atomic mass is 10.0. The van der Waals surface area contributed by atoms with Crippen LogP contribution < -0.4 is 10.1 Å². The predicted molar refractivity (Wildman–Crippen MR) is 73.9 cm³/mol. The van der Waals surface area contributed by atoms with Gasteiger partial charge in [0.2, 0.25) is 0 Å². The zero-order valence-corrected chi connectivity index (χ0v) is 11.5. The monoisotopic (exact) mass is 235 g/mol. The molecular weight excluding hydrogens is 210 g/mol. The highest BCUT2D eigenvalue weighted by atomic mass is 16.5. The lowest BCUT2D eigenvalue weighted by Gasteiger charge is -2.15. The molecule has 0 aliphatic heterocycles. The van der Waals surface area contributed by atoms with Gasteiger partial charge in [-0.1, -0.05) is 32.9 Å². The van der Waals surface area contributed by atoms with Gasteiger partial charge >= 0.3 is 0 Å². The third-order valence-corrected chi connectivity index (χ3v) is 2.75. The van der Waals surface area contributed by atoms with Gasteiger partial charge in [0, 0.05) is 6.54 Å². The van der Waals surface area contributed by atoms with Crippen LogP contribution in [0.5, 0.6) is 5.75 Å². The van der Waals surface area contributed by atoms with Crippen molar-refractivity contribution in [1.29, 1.82) is 0 Å². The fourth-order valence-corrected chi connectivity index (χ4v) is 1.78. The van der Waals surface area contributed by atoms with Crippen molar-refractivity contribution in [2.45, 2.75) is 40.0 Å². The molecule has 0 aliphatic rings. The minimum atomic E-state index is 0.509. The summed E-state index contributed by atoms with van der Waals surface area (Å²) < 4.78 is 5.86. The van der Waals surface area contributed by atoms with Gasteiger partial charge in [-0.05, 0) is 43.0 Å². The van der Waals surface area contributed by atoms with Crippen LogP contribution in [0.1, 0.15) is 44.2 Å². The van der Waals surface area contributed by atoms with Gasteiger partial charge < -0.3 is 10.1 Å². The van der Waals surface area contributed by atoms with E-state index in [1.54, 1.807) is 0 Å². The lowest BCUT2D eigenvalue weighted by molar-refractivity contribution is 0.310. The zero-order valence-electron chi connectivity index (χ0n) is 11.5. The number of hydrogen-bond acceptors (Lipinski definition) is 2. The number of nitrogens with one attached hydrogen (secondary N) is 1. The Morgan fingerprint density at radius 3 is 2.65 bits per heavy atom. The van der Waals surface area contributed by atoms with E-state index >= 15 is 0 Å². The fraction of sp³-hybridized carbons (Fsp3) is 0.600. The van der Waals surface area contributed by atoms with Crippen molar-refractivity contribution in [3.63, 3.8) is 0 Å².